The number of methoxy groups -OCH3 is 1. The molecular formula is C17H17NO2. The van der Waals surface area contributed by atoms with Crippen molar-refractivity contribution in [2.75, 3.05) is 7.11 Å². The molecule has 2 aromatic rings. The van der Waals surface area contributed by atoms with Gasteiger partial charge in [0.15, 0.2) is 0 Å². The van der Waals surface area contributed by atoms with Crippen LogP contribution < -0.4 is 0 Å². The van der Waals surface area contributed by atoms with Gasteiger partial charge in [-0.2, -0.15) is 0 Å². The highest BCUT2D eigenvalue weighted by Gasteiger charge is 2.05. The molecule has 1 heterocycles. The van der Waals surface area contributed by atoms with Crippen molar-refractivity contribution < 1.29 is 9.53 Å². The highest BCUT2D eigenvalue weighted by Crippen LogP contribution is 2.25. The molecule has 3 nitrogen and oxygen atoms in total. The van der Waals surface area contributed by atoms with E-state index in [1.165, 1.54) is 18.7 Å². The maximum Gasteiger partial charge on any atom is 0.330 e. The third kappa shape index (κ3) is 3.12. The van der Waals surface area contributed by atoms with E-state index in [9.17, 15) is 4.79 Å². The number of nitrogens with zero attached hydrogens (tertiary/aromatic N) is 1. The summed E-state index contributed by atoms with van der Waals surface area (Å²) in [5.41, 5.74) is 5.13. The van der Waals surface area contributed by atoms with Crippen LogP contribution in [-0.2, 0) is 9.53 Å². The molecule has 0 aliphatic rings. The number of rotatable bonds is 3. The molecule has 0 aliphatic carbocycles. The van der Waals surface area contributed by atoms with Gasteiger partial charge in [0.1, 0.15) is 0 Å². The van der Waals surface area contributed by atoms with Crippen LogP contribution >= 0.6 is 0 Å². The van der Waals surface area contributed by atoms with E-state index in [0.717, 1.165) is 22.3 Å². The SMILES string of the molecule is COC(=O)/C=C(\C)c1cncc(-c2ccccc2C)c1. The first-order valence-electron chi connectivity index (χ1n) is 6.39. The molecule has 0 atom stereocenters. The quantitative estimate of drug-likeness (QED) is 0.629. The van der Waals surface area contributed by atoms with E-state index in [4.69, 9.17) is 0 Å². The van der Waals surface area contributed by atoms with E-state index < -0.39 is 0 Å². The summed E-state index contributed by atoms with van der Waals surface area (Å²) in [6, 6.07) is 10.2. The number of aryl methyl sites for hydroxylation is 1. The molecule has 0 radical (unpaired) electrons. The molecule has 1 aromatic heterocycles. The molecule has 0 spiro atoms. The van der Waals surface area contributed by atoms with Crippen LogP contribution in [0.1, 0.15) is 18.1 Å². The molecule has 0 fully saturated rings. The fourth-order valence-electron chi connectivity index (χ4n) is 2.02. The van der Waals surface area contributed by atoms with Gasteiger partial charge in [0.25, 0.3) is 0 Å². The summed E-state index contributed by atoms with van der Waals surface area (Å²) in [4.78, 5) is 15.5. The predicted molar refractivity (Wildman–Crippen MR) is 80.1 cm³/mol. The number of pyridine rings is 1. The smallest absolute Gasteiger partial charge is 0.330 e. The van der Waals surface area contributed by atoms with Crippen molar-refractivity contribution in [3.05, 3.63) is 59.9 Å². The van der Waals surface area contributed by atoms with Crippen molar-refractivity contribution in [1.29, 1.82) is 0 Å². The zero-order chi connectivity index (χ0) is 14.5. The second-order valence-electron chi connectivity index (χ2n) is 4.63. The minimum atomic E-state index is -0.358. The fraction of sp³-hybridized carbons (Fsp3) is 0.176. The van der Waals surface area contributed by atoms with E-state index in [-0.39, 0.29) is 5.97 Å². The first-order chi connectivity index (χ1) is 9.61. The average molecular weight is 267 g/mol. The Labute approximate surface area is 118 Å². The summed E-state index contributed by atoms with van der Waals surface area (Å²) in [6.45, 7) is 3.94. The molecule has 0 saturated carbocycles. The number of hydrogen-bond donors (Lipinski definition) is 0. The molecular weight excluding hydrogens is 250 g/mol. The van der Waals surface area contributed by atoms with Crippen molar-refractivity contribution in [1.82, 2.24) is 4.98 Å². The van der Waals surface area contributed by atoms with Crippen LogP contribution in [0.3, 0.4) is 0 Å². The monoisotopic (exact) mass is 267 g/mol. The molecule has 1 aromatic carbocycles. The highest BCUT2D eigenvalue weighted by atomic mass is 16.5. The molecule has 3 heteroatoms. The number of esters is 1. The first-order valence-corrected chi connectivity index (χ1v) is 6.39. The number of carbonyl (C=O) groups is 1. The van der Waals surface area contributed by atoms with Gasteiger partial charge in [0.05, 0.1) is 7.11 Å². The topological polar surface area (TPSA) is 39.2 Å². The van der Waals surface area contributed by atoms with Gasteiger partial charge in [-0.3, -0.25) is 4.98 Å². The summed E-state index contributed by atoms with van der Waals surface area (Å²) >= 11 is 0. The van der Waals surface area contributed by atoms with Gasteiger partial charge in [-0.1, -0.05) is 24.3 Å². The number of allylic oxidation sites excluding steroid dienone is 1. The zero-order valence-corrected chi connectivity index (χ0v) is 11.9. The number of ether oxygens (including phenoxy) is 1. The Kier molecular flexibility index (Phi) is 4.31. The van der Waals surface area contributed by atoms with Gasteiger partial charge in [-0.05, 0) is 42.2 Å². The minimum absolute atomic E-state index is 0.358. The summed E-state index contributed by atoms with van der Waals surface area (Å²) < 4.78 is 4.64. The predicted octanol–water partition coefficient (Wildman–Crippen LogP) is 3.63. The maximum atomic E-state index is 11.3. The molecule has 102 valence electrons. The lowest BCUT2D eigenvalue weighted by Gasteiger charge is -2.08. The highest BCUT2D eigenvalue weighted by molar-refractivity contribution is 5.91. The van der Waals surface area contributed by atoms with E-state index in [0.29, 0.717) is 0 Å². The van der Waals surface area contributed by atoms with Crippen LogP contribution in [0.25, 0.3) is 16.7 Å². The van der Waals surface area contributed by atoms with Crippen LogP contribution in [0, 0.1) is 6.92 Å². The Bertz CT molecular complexity index is 660. The summed E-state index contributed by atoms with van der Waals surface area (Å²) in [5.74, 6) is -0.358. The van der Waals surface area contributed by atoms with Gasteiger partial charge in [0.2, 0.25) is 0 Å². The molecule has 0 aliphatic heterocycles. The number of hydrogen-bond acceptors (Lipinski definition) is 3. The second kappa shape index (κ2) is 6.15. The van der Waals surface area contributed by atoms with Gasteiger partial charge in [0, 0.05) is 24.0 Å². The van der Waals surface area contributed by atoms with Crippen molar-refractivity contribution in [3.8, 4) is 11.1 Å². The molecule has 0 bridgehead atoms. The van der Waals surface area contributed by atoms with Crippen molar-refractivity contribution >= 4 is 11.5 Å². The number of aromatic nitrogens is 1. The lowest BCUT2D eigenvalue weighted by Crippen LogP contribution is -1.96. The van der Waals surface area contributed by atoms with Crippen LogP contribution in [0.2, 0.25) is 0 Å². The Morgan fingerprint density at radius 3 is 2.70 bits per heavy atom. The Balaban J connectivity index is 2.41. The zero-order valence-electron chi connectivity index (χ0n) is 11.9. The fourth-order valence-corrected chi connectivity index (χ4v) is 2.02. The van der Waals surface area contributed by atoms with Crippen molar-refractivity contribution in [2.45, 2.75) is 13.8 Å². The third-order valence-electron chi connectivity index (χ3n) is 3.19. The Morgan fingerprint density at radius 1 is 1.25 bits per heavy atom. The summed E-state index contributed by atoms with van der Waals surface area (Å²) in [6.07, 6.45) is 5.05. The number of benzene rings is 1. The first kappa shape index (κ1) is 14.0. The van der Waals surface area contributed by atoms with E-state index in [2.05, 4.69) is 28.8 Å². The standard InChI is InChI=1S/C17H17NO2/c1-12-6-4-5-7-16(12)15-9-14(10-18-11-15)13(2)8-17(19)20-3/h4-11H,1-3H3/b13-8+. The maximum absolute atomic E-state index is 11.3. The second-order valence-corrected chi connectivity index (χ2v) is 4.63. The number of carbonyl (C=O) groups excluding carboxylic acids is 1. The normalized spacial score (nSPS) is 11.2. The molecule has 2 rings (SSSR count). The summed E-state index contributed by atoms with van der Waals surface area (Å²) in [7, 11) is 1.37. The molecule has 0 unspecified atom stereocenters. The average Bonchev–Trinajstić information content (AvgIpc) is 2.47. The van der Waals surface area contributed by atoms with Gasteiger partial charge >= 0.3 is 5.97 Å². The van der Waals surface area contributed by atoms with Crippen LogP contribution in [0.15, 0.2) is 48.8 Å². The van der Waals surface area contributed by atoms with E-state index >= 15 is 0 Å². The molecule has 20 heavy (non-hydrogen) atoms. The van der Waals surface area contributed by atoms with E-state index in [1.807, 2.05) is 31.3 Å². The van der Waals surface area contributed by atoms with Gasteiger partial charge < -0.3 is 4.74 Å². The van der Waals surface area contributed by atoms with Crippen molar-refractivity contribution in [2.24, 2.45) is 0 Å². The van der Waals surface area contributed by atoms with Gasteiger partial charge in [-0.15, -0.1) is 0 Å². The Morgan fingerprint density at radius 2 is 2.00 bits per heavy atom. The summed E-state index contributed by atoms with van der Waals surface area (Å²) in [5, 5.41) is 0. The Hall–Kier alpha value is -2.42. The van der Waals surface area contributed by atoms with Crippen LogP contribution in [0.4, 0.5) is 0 Å². The van der Waals surface area contributed by atoms with E-state index in [1.54, 1.807) is 6.20 Å². The molecule has 0 amide bonds. The molecule has 0 saturated heterocycles. The van der Waals surface area contributed by atoms with Crippen molar-refractivity contribution in [3.63, 3.8) is 0 Å². The van der Waals surface area contributed by atoms with Crippen LogP contribution in [-0.4, -0.2) is 18.1 Å². The third-order valence-corrected chi connectivity index (χ3v) is 3.19. The van der Waals surface area contributed by atoms with Crippen LogP contribution in [0.5, 0.6) is 0 Å². The lowest BCUT2D eigenvalue weighted by atomic mass is 9.99. The van der Waals surface area contributed by atoms with Gasteiger partial charge in [-0.25, -0.2) is 4.79 Å². The molecule has 0 N–H and O–H groups in total. The largest absolute Gasteiger partial charge is 0.466 e. The lowest BCUT2D eigenvalue weighted by molar-refractivity contribution is -0.134. The minimum Gasteiger partial charge on any atom is -0.466 e.